The van der Waals surface area contributed by atoms with Crippen LogP contribution in [0.4, 0.5) is 0 Å². The summed E-state index contributed by atoms with van der Waals surface area (Å²) in [4.78, 5) is 12.2. The molecular weight excluding hydrogens is 364 g/mol. The first kappa shape index (κ1) is 19.2. The van der Waals surface area contributed by atoms with E-state index in [0.717, 1.165) is 29.8 Å². The van der Waals surface area contributed by atoms with Crippen molar-refractivity contribution in [1.82, 2.24) is 19.9 Å². The van der Waals surface area contributed by atoms with E-state index in [9.17, 15) is 9.90 Å². The lowest BCUT2D eigenvalue weighted by molar-refractivity contribution is 0.0795. The topological polar surface area (TPSA) is 79.5 Å². The molecule has 2 N–H and O–H groups in total. The first-order valence-corrected chi connectivity index (χ1v) is 9.76. The molecule has 0 saturated heterocycles. The molecule has 6 nitrogen and oxygen atoms in total. The van der Waals surface area contributed by atoms with Crippen LogP contribution >= 0.6 is 0 Å². The van der Waals surface area contributed by atoms with Gasteiger partial charge in [0.25, 0.3) is 5.91 Å². The van der Waals surface area contributed by atoms with Crippen molar-refractivity contribution in [3.8, 4) is 12.3 Å². The number of benzene rings is 1. The molecule has 4 rings (SSSR count). The average Bonchev–Trinajstić information content (AvgIpc) is 3.39. The second-order valence-electron chi connectivity index (χ2n) is 8.07. The van der Waals surface area contributed by atoms with E-state index in [1.54, 1.807) is 13.8 Å². The number of hydrogen-bond donors (Lipinski definition) is 2. The van der Waals surface area contributed by atoms with Crippen LogP contribution in [0.25, 0.3) is 5.65 Å². The highest BCUT2D eigenvalue weighted by molar-refractivity contribution is 5.94. The Morgan fingerprint density at radius 2 is 2.00 bits per heavy atom. The molecule has 0 unspecified atom stereocenters. The van der Waals surface area contributed by atoms with Crippen molar-refractivity contribution in [2.45, 2.75) is 44.1 Å². The summed E-state index contributed by atoms with van der Waals surface area (Å²) in [6, 6.07) is 11.4. The molecule has 1 aliphatic carbocycles. The molecule has 2 aromatic heterocycles. The van der Waals surface area contributed by atoms with Gasteiger partial charge in [-0.2, -0.15) is 0 Å². The summed E-state index contributed by atoms with van der Waals surface area (Å²) in [5, 5.41) is 22.1. The van der Waals surface area contributed by atoms with Gasteiger partial charge < -0.3 is 10.4 Å². The number of pyridine rings is 1. The highest BCUT2D eigenvalue weighted by Gasteiger charge is 2.50. The van der Waals surface area contributed by atoms with Gasteiger partial charge in [0.1, 0.15) is 5.82 Å². The Hall–Kier alpha value is -3.17. The number of carbonyl (C=O) groups is 1. The molecular formula is C23H24N4O2. The van der Waals surface area contributed by atoms with Crippen LogP contribution in [0.15, 0.2) is 42.6 Å². The van der Waals surface area contributed by atoms with E-state index < -0.39 is 5.60 Å². The zero-order valence-electron chi connectivity index (χ0n) is 16.6. The van der Waals surface area contributed by atoms with Gasteiger partial charge in [0, 0.05) is 30.3 Å². The predicted molar refractivity (Wildman–Crippen MR) is 110 cm³/mol. The van der Waals surface area contributed by atoms with Crippen LogP contribution in [-0.2, 0) is 11.0 Å². The number of nitrogens with one attached hydrogen (secondary N) is 1. The minimum atomic E-state index is -1.00. The molecule has 0 spiro atoms. The minimum Gasteiger partial charge on any atom is -0.386 e. The lowest BCUT2D eigenvalue weighted by Gasteiger charge is -2.19. The molecule has 0 aliphatic heterocycles. The molecule has 1 amide bonds. The number of rotatable bonds is 6. The van der Waals surface area contributed by atoms with E-state index in [1.165, 1.54) is 0 Å². The fourth-order valence-corrected chi connectivity index (χ4v) is 3.78. The average molecular weight is 388 g/mol. The van der Waals surface area contributed by atoms with Gasteiger partial charge in [-0.05, 0) is 50.5 Å². The molecule has 1 aliphatic rings. The summed E-state index contributed by atoms with van der Waals surface area (Å²) >= 11 is 0. The maximum atomic E-state index is 12.2. The van der Waals surface area contributed by atoms with Crippen molar-refractivity contribution < 1.29 is 9.90 Å². The molecule has 1 saturated carbocycles. The largest absolute Gasteiger partial charge is 0.386 e. The minimum absolute atomic E-state index is 0.126. The molecule has 1 fully saturated rings. The second kappa shape index (κ2) is 7.02. The Morgan fingerprint density at radius 3 is 2.62 bits per heavy atom. The first-order chi connectivity index (χ1) is 13.9. The Labute approximate surface area is 170 Å². The Bertz CT molecular complexity index is 1100. The van der Waals surface area contributed by atoms with E-state index >= 15 is 0 Å². The third kappa shape index (κ3) is 3.39. The van der Waals surface area contributed by atoms with Gasteiger partial charge in [-0.3, -0.25) is 9.20 Å². The second-order valence-corrected chi connectivity index (χ2v) is 8.07. The number of carbonyl (C=O) groups excluding carboxylic acids is 1. The SMILES string of the molecule is C#CCCNC(=O)c1ccc(C2(c3nnc4c(C(C)(C)O)cccn34)CC2)cc1. The van der Waals surface area contributed by atoms with Gasteiger partial charge in [0.2, 0.25) is 0 Å². The lowest BCUT2D eigenvalue weighted by Crippen LogP contribution is -2.24. The zero-order valence-corrected chi connectivity index (χ0v) is 16.6. The molecule has 0 atom stereocenters. The van der Waals surface area contributed by atoms with E-state index in [1.807, 2.05) is 47.0 Å². The summed E-state index contributed by atoms with van der Waals surface area (Å²) in [6.07, 6.45) is 9.60. The third-order valence-electron chi connectivity index (χ3n) is 5.53. The highest BCUT2D eigenvalue weighted by Crippen LogP contribution is 2.52. The number of terminal acetylenes is 1. The van der Waals surface area contributed by atoms with Gasteiger partial charge >= 0.3 is 0 Å². The van der Waals surface area contributed by atoms with Crippen molar-refractivity contribution in [1.29, 1.82) is 0 Å². The maximum Gasteiger partial charge on any atom is 0.251 e. The summed E-state index contributed by atoms with van der Waals surface area (Å²) in [6.45, 7) is 3.96. The van der Waals surface area contributed by atoms with Crippen LogP contribution in [0.2, 0.25) is 0 Å². The molecule has 3 aromatic rings. The fraction of sp³-hybridized carbons (Fsp3) is 0.348. The quantitative estimate of drug-likeness (QED) is 0.503. The fourth-order valence-electron chi connectivity index (χ4n) is 3.78. The molecule has 0 bridgehead atoms. The van der Waals surface area contributed by atoms with Gasteiger partial charge in [-0.15, -0.1) is 22.5 Å². The highest BCUT2D eigenvalue weighted by atomic mass is 16.3. The Balaban J connectivity index is 1.65. The molecule has 6 heteroatoms. The van der Waals surface area contributed by atoms with Gasteiger partial charge in [-0.25, -0.2) is 0 Å². The summed E-state index contributed by atoms with van der Waals surface area (Å²) in [5.74, 6) is 3.25. The summed E-state index contributed by atoms with van der Waals surface area (Å²) < 4.78 is 1.97. The number of fused-ring (bicyclic) bond motifs is 1. The number of hydrogen-bond acceptors (Lipinski definition) is 4. The van der Waals surface area contributed by atoms with Crippen LogP contribution < -0.4 is 5.32 Å². The van der Waals surface area contributed by atoms with Gasteiger partial charge in [0.05, 0.1) is 11.0 Å². The Morgan fingerprint density at radius 1 is 1.28 bits per heavy atom. The molecule has 0 radical (unpaired) electrons. The lowest BCUT2D eigenvalue weighted by atomic mass is 9.93. The molecule has 148 valence electrons. The van der Waals surface area contributed by atoms with Crippen molar-refractivity contribution in [2.75, 3.05) is 6.54 Å². The van der Waals surface area contributed by atoms with Crippen LogP contribution in [0.3, 0.4) is 0 Å². The summed E-state index contributed by atoms with van der Waals surface area (Å²) in [5.41, 5.74) is 1.92. The smallest absolute Gasteiger partial charge is 0.251 e. The molecule has 29 heavy (non-hydrogen) atoms. The van der Waals surface area contributed by atoms with Crippen molar-refractivity contribution >= 4 is 11.6 Å². The van der Waals surface area contributed by atoms with Crippen LogP contribution in [0.5, 0.6) is 0 Å². The summed E-state index contributed by atoms with van der Waals surface area (Å²) in [7, 11) is 0. The van der Waals surface area contributed by atoms with Gasteiger partial charge in [-0.1, -0.05) is 18.2 Å². The molecule has 1 aromatic carbocycles. The van der Waals surface area contributed by atoms with Crippen LogP contribution in [0, 0.1) is 12.3 Å². The van der Waals surface area contributed by atoms with E-state index in [2.05, 4.69) is 21.4 Å². The normalized spacial score (nSPS) is 15.1. The van der Waals surface area contributed by atoms with E-state index in [4.69, 9.17) is 6.42 Å². The van der Waals surface area contributed by atoms with Crippen LogP contribution in [0.1, 0.15) is 60.4 Å². The van der Waals surface area contributed by atoms with Gasteiger partial charge in [0.15, 0.2) is 5.65 Å². The van der Waals surface area contributed by atoms with E-state index in [0.29, 0.717) is 24.2 Å². The van der Waals surface area contributed by atoms with E-state index in [-0.39, 0.29) is 11.3 Å². The van der Waals surface area contributed by atoms with Crippen molar-refractivity contribution in [3.63, 3.8) is 0 Å². The zero-order chi connectivity index (χ0) is 20.6. The Kier molecular flexibility index (Phi) is 4.64. The maximum absolute atomic E-state index is 12.2. The number of aromatic nitrogens is 3. The monoisotopic (exact) mass is 388 g/mol. The number of amides is 1. The standard InChI is InChI=1S/C23H24N4O2/c1-4-5-14-24-20(28)16-8-10-17(11-9-16)23(12-13-23)21-26-25-19-18(22(2,3)29)7-6-15-27(19)21/h1,6-11,15,29H,5,12-14H2,2-3H3,(H,24,28). The first-order valence-electron chi connectivity index (χ1n) is 9.76. The molecule has 2 heterocycles. The third-order valence-corrected chi connectivity index (χ3v) is 5.53. The van der Waals surface area contributed by atoms with Crippen molar-refractivity contribution in [2.24, 2.45) is 0 Å². The number of aliphatic hydroxyl groups is 1. The van der Waals surface area contributed by atoms with Crippen molar-refractivity contribution in [3.05, 3.63) is 65.1 Å². The predicted octanol–water partition coefficient (Wildman–Crippen LogP) is 2.79. The van der Waals surface area contributed by atoms with Crippen LogP contribution in [-0.4, -0.2) is 32.2 Å². The number of nitrogens with zero attached hydrogens (tertiary/aromatic N) is 3.